The molecule has 2 aliphatic rings. The topological polar surface area (TPSA) is 27.7 Å². The monoisotopic (exact) mass is 269 g/mol. The van der Waals surface area contributed by atoms with Crippen molar-refractivity contribution in [3.63, 3.8) is 0 Å². The maximum Gasteiger partial charge on any atom is 0.0510 e. The summed E-state index contributed by atoms with van der Waals surface area (Å²) in [4.78, 5) is 5.02. The second-order valence-electron chi connectivity index (χ2n) is 6.28. The maximum absolute atomic E-state index is 5.56. The van der Waals surface area contributed by atoms with Gasteiger partial charge < -0.3 is 19.9 Å². The average Bonchev–Trinajstić information content (AvgIpc) is 2.92. The minimum absolute atomic E-state index is 0.614. The highest BCUT2D eigenvalue weighted by Gasteiger charge is 2.28. The molecular formula is C15H31N3O. The number of piperidine rings is 1. The van der Waals surface area contributed by atoms with E-state index in [1.807, 2.05) is 0 Å². The highest BCUT2D eigenvalue weighted by atomic mass is 16.5. The minimum atomic E-state index is 0.614. The van der Waals surface area contributed by atoms with Crippen LogP contribution in [0.1, 0.15) is 26.2 Å². The molecule has 2 aliphatic heterocycles. The number of rotatable bonds is 6. The first-order valence-electron chi connectivity index (χ1n) is 7.90. The molecule has 112 valence electrons. The molecule has 2 fully saturated rings. The number of hydrogen-bond donors (Lipinski definition) is 1. The fourth-order valence-electron chi connectivity index (χ4n) is 3.41. The molecular weight excluding hydrogens is 238 g/mol. The molecule has 0 aromatic heterocycles. The van der Waals surface area contributed by atoms with E-state index in [2.05, 4.69) is 36.1 Å². The number of hydrogen-bond acceptors (Lipinski definition) is 4. The predicted octanol–water partition coefficient (Wildman–Crippen LogP) is 1.03. The third-order valence-corrected chi connectivity index (χ3v) is 4.74. The van der Waals surface area contributed by atoms with Gasteiger partial charge in [0, 0.05) is 31.2 Å². The molecule has 0 saturated carbocycles. The van der Waals surface area contributed by atoms with Crippen LogP contribution in [0.2, 0.25) is 0 Å². The van der Waals surface area contributed by atoms with Crippen LogP contribution in [0.4, 0.5) is 0 Å². The molecule has 0 aromatic carbocycles. The third-order valence-electron chi connectivity index (χ3n) is 4.74. The van der Waals surface area contributed by atoms with E-state index in [4.69, 9.17) is 4.74 Å². The summed E-state index contributed by atoms with van der Waals surface area (Å²) in [5, 5.41) is 3.67. The van der Waals surface area contributed by atoms with Crippen LogP contribution in [-0.4, -0.2) is 75.4 Å². The van der Waals surface area contributed by atoms with Crippen LogP contribution >= 0.6 is 0 Å². The zero-order chi connectivity index (χ0) is 13.7. The van der Waals surface area contributed by atoms with E-state index in [0.717, 1.165) is 25.8 Å². The Morgan fingerprint density at radius 2 is 2.00 bits per heavy atom. The Morgan fingerprint density at radius 3 is 2.53 bits per heavy atom. The van der Waals surface area contributed by atoms with Crippen molar-refractivity contribution in [2.24, 2.45) is 5.92 Å². The van der Waals surface area contributed by atoms with Crippen LogP contribution in [0.3, 0.4) is 0 Å². The lowest BCUT2D eigenvalue weighted by Gasteiger charge is -2.38. The van der Waals surface area contributed by atoms with Crippen molar-refractivity contribution >= 4 is 0 Å². The molecule has 4 nitrogen and oxygen atoms in total. The average molecular weight is 269 g/mol. The summed E-state index contributed by atoms with van der Waals surface area (Å²) >= 11 is 0. The van der Waals surface area contributed by atoms with Crippen LogP contribution in [0, 0.1) is 5.92 Å². The normalized spacial score (nSPS) is 28.1. The van der Waals surface area contributed by atoms with E-state index in [1.54, 1.807) is 0 Å². The van der Waals surface area contributed by atoms with Crippen molar-refractivity contribution in [3.8, 4) is 0 Å². The Kier molecular flexibility index (Phi) is 6.07. The molecule has 0 radical (unpaired) electrons. The van der Waals surface area contributed by atoms with Gasteiger partial charge in [-0.2, -0.15) is 0 Å². The number of likely N-dealkylation sites (N-methyl/N-ethyl adjacent to an activating group) is 1. The van der Waals surface area contributed by atoms with E-state index >= 15 is 0 Å². The number of nitrogens with zero attached hydrogens (tertiary/aromatic N) is 2. The largest absolute Gasteiger partial charge is 0.381 e. The molecule has 1 N–H and O–H groups in total. The fourth-order valence-corrected chi connectivity index (χ4v) is 3.41. The predicted molar refractivity (Wildman–Crippen MR) is 79.5 cm³/mol. The molecule has 2 atom stereocenters. The highest BCUT2D eigenvalue weighted by Crippen LogP contribution is 2.20. The van der Waals surface area contributed by atoms with Gasteiger partial charge in [-0.15, -0.1) is 0 Å². The first-order chi connectivity index (χ1) is 9.20. The molecule has 0 amide bonds. The van der Waals surface area contributed by atoms with E-state index in [-0.39, 0.29) is 0 Å². The summed E-state index contributed by atoms with van der Waals surface area (Å²) in [5.41, 5.74) is 0. The van der Waals surface area contributed by atoms with Gasteiger partial charge >= 0.3 is 0 Å². The van der Waals surface area contributed by atoms with E-state index in [1.165, 1.54) is 38.9 Å². The van der Waals surface area contributed by atoms with Gasteiger partial charge in [0.15, 0.2) is 0 Å². The second kappa shape index (κ2) is 7.58. The summed E-state index contributed by atoms with van der Waals surface area (Å²) in [5.74, 6) is 0.714. The van der Waals surface area contributed by atoms with Gasteiger partial charge in [-0.3, -0.25) is 0 Å². The zero-order valence-corrected chi connectivity index (χ0v) is 12.9. The van der Waals surface area contributed by atoms with Gasteiger partial charge in [0.05, 0.1) is 6.61 Å². The van der Waals surface area contributed by atoms with E-state index in [0.29, 0.717) is 12.0 Å². The minimum Gasteiger partial charge on any atom is -0.381 e. The lowest BCUT2D eigenvalue weighted by molar-refractivity contribution is 0.119. The van der Waals surface area contributed by atoms with Crippen molar-refractivity contribution in [2.75, 3.05) is 53.5 Å². The van der Waals surface area contributed by atoms with Gasteiger partial charge in [-0.1, -0.05) is 6.92 Å². The molecule has 0 bridgehead atoms. The Morgan fingerprint density at radius 1 is 1.26 bits per heavy atom. The Labute approximate surface area is 118 Å². The van der Waals surface area contributed by atoms with Crippen LogP contribution in [-0.2, 0) is 4.74 Å². The van der Waals surface area contributed by atoms with E-state index < -0.39 is 0 Å². The first kappa shape index (κ1) is 15.2. The molecule has 2 heterocycles. The number of nitrogens with one attached hydrogen (secondary N) is 1. The lowest BCUT2D eigenvalue weighted by Crippen LogP contribution is -2.50. The van der Waals surface area contributed by atoms with E-state index in [9.17, 15) is 0 Å². The quantitative estimate of drug-likeness (QED) is 0.779. The van der Waals surface area contributed by atoms with Crippen LogP contribution < -0.4 is 5.32 Å². The lowest BCUT2D eigenvalue weighted by atomic mass is 9.96. The fraction of sp³-hybridized carbons (Fsp3) is 1.00. The molecule has 2 rings (SSSR count). The van der Waals surface area contributed by atoms with Crippen molar-refractivity contribution in [2.45, 2.75) is 38.3 Å². The maximum atomic E-state index is 5.56. The molecule has 4 heteroatoms. The summed E-state index contributed by atoms with van der Waals surface area (Å²) in [6, 6.07) is 1.40. The van der Waals surface area contributed by atoms with Gasteiger partial charge in [-0.05, 0) is 53.0 Å². The summed E-state index contributed by atoms with van der Waals surface area (Å²) in [7, 11) is 4.41. The number of ether oxygens (including phenoxy) is 1. The third kappa shape index (κ3) is 4.42. The molecule has 19 heavy (non-hydrogen) atoms. The smallest absolute Gasteiger partial charge is 0.0510 e. The van der Waals surface area contributed by atoms with Gasteiger partial charge in [0.2, 0.25) is 0 Å². The van der Waals surface area contributed by atoms with Crippen molar-refractivity contribution in [3.05, 3.63) is 0 Å². The van der Waals surface area contributed by atoms with Gasteiger partial charge in [0.1, 0.15) is 0 Å². The van der Waals surface area contributed by atoms with Crippen LogP contribution in [0.5, 0.6) is 0 Å². The van der Waals surface area contributed by atoms with Crippen molar-refractivity contribution in [1.82, 2.24) is 15.1 Å². The Hall–Kier alpha value is -0.160. The summed E-state index contributed by atoms with van der Waals surface area (Å²) < 4.78 is 5.56. The molecule has 2 saturated heterocycles. The second-order valence-corrected chi connectivity index (χ2v) is 6.28. The SMILES string of the molecule is CCNC(CN1CCC(N(C)C)CC1)C1CCOC1. The standard InChI is InChI=1S/C15H31N3O/c1-4-16-15(13-7-10-19-12-13)11-18-8-5-14(6-9-18)17(2)3/h13-16H,4-12H2,1-3H3. The molecule has 0 aliphatic carbocycles. The zero-order valence-electron chi connectivity index (χ0n) is 12.9. The highest BCUT2D eigenvalue weighted by molar-refractivity contribution is 4.85. The van der Waals surface area contributed by atoms with Crippen LogP contribution in [0.25, 0.3) is 0 Å². The molecule has 0 aromatic rings. The Bertz CT molecular complexity index is 246. The molecule has 0 spiro atoms. The first-order valence-corrected chi connectivity index (χ1v) is 7.90. The Balaban J connectivity index is 1.78. The summed E-state index contributed by atoms with van der Waals surface area (Å²) in [6.45, 7) is 8.87. The number of likely N-dealkylation sites (tertiary alicyclic amines) is 1. The molecule has 2 unspecified atom stereocenters. The van der Waals surface area contributed by atoms with Crippen molar-refractivity contribution in [1.29, 1.82) is 0 Å². The van der Waals surface area contributed by atoms with Gasteiger partial charge in [0.25, 0.3) is 0 Å². The van der Waals surface area contributed by atoms with Crippen LogP contribution in [0.15, 0.2) is 0 Å². The van der Waals surface area contributed by atoms with Crippen molar-refractivity contribution < 1.29 is 4.74 Å². The van der Waals surface area contributed by atoms with Gasteiger partial charge in [-0.25, -0.2) is 0 Å². The summed E-state index contributed by atoms with van der Waals surface area (Å²) in [6.07, 6.45) is 3.85.